The molecule has 33 heavy (non-hydrogen) atoms. The van der Waals surface area contributed by atoms with Crippen LogP contribution in [0.1, 0.15) is 70.3 Å². The first kappa shape index (κ1) is 21.5. The predicted molar refractivity (Wildman–Crippen MR) is 127 cm³/mol. The second-order valence-electron chi connectivity index (χ2n) is 11.6. The van der Waals surface area contributed by atoms with E-state index >= 15 is 4.39 Å². The summed E-state index contributed by atoms with van der Waals surface area (Å²) in [6.45, 7) is 2.21. The second kappa shape index (κ2) is 7.26. The minimum atomic E-state index is -1.59. The van der Waals surface area contributed by atoms with Crippen LogP contribution in [0, 0.1) is 23.2 Å². The predicted octanol–water partition coefficient (Wildman–Crippen LogP) is 5.13. The van der Waals surface area contributed by atoms with Gasteiger partial charge in [0.2, 0.25) is 0 Å². The first-order chi connectivity index (χ1) is 15.7. The van der Waals surface area contributed by atoms with Gasteiger partial charge in [-0.15, -0.1) is 0 Å². The highest BCUT2D eigenvalue weighted by molar-refractivity contribution is 5.86. The fourth-order valence-corrected chi connectivity index (χ4v) is 8.17. The number of aromatic amines is 1. The molecular weight excluding hydrogens is 417 g/mol. The lowest BCUT2D eigenvalue weighted by Gasteiger charge is -2.56. The first-order valence-electron chi connectivity index (χ1n) is 12.7. The van der Waals surface area contributed by atoms with Crippen LogP contribution in [0.5, 0.6) is 0 Å². The lowest BCUT2D eigenvalue weighted by atomic mass is 9.53. The molecule has 0 amide bonds. The fraction of sp³-hybridized carbons (Fsp3) is 0.607. The van der Waals surface area contributed by atoms with Crippen LogP contribution >= 0.6 is 0 Å². The van der Waals surface area contributed by atoms with Crippen molar-refractivity contribution in [1.82, 2.24) is 4.98 Å². The van der Waals surface area contributed by atoms with Crippen molar-refractivity contribution < 1.29 is 14.6 Å². The van der Waals surface area contributed by atoms with Crippen molar-refractivity contribution in [2.45, 2.75) is 82.1 Å². The molecule has 3 N–H and O–H groups in total. The molecule has 1 heterocycles. The van der Waals surface area contributed by atoms with E-state index in [9.17, 15) is 15.0 Å². The molecule has 1 aromatic heterocycles. The van der Waals surface area contributed by atoms with Gasteiger partial charge in [0, 0.05) is 17.5 Å². The van der Waals surface area contributed by atoms with Crippen LogP contribution in [0.3, 0.4) is 0 Å². The van der Waals surface area contributed by atoms with Crippen molar-refractivity contribution >= 4 is 16.3 Å². The molecule has 176 valence electrons. The highest BCUT2D eigenvalue weighted by Gasteiger charge is 2.66. The molecule has 2 aromatic rings. The van der Waals surface area contributed by atoms with Crippen LogP contribution < -0.4 is 5.56 Å². The third-order valence-electron chi connectivity index (χ3n) is 10.0. The van der Waals surface area contributed by atoms with E-state index in [4.69, 9.17) is 0 Å². The van der Waals surface area contributed by atoms with E-state index in [-0.39, 0.29) is 28.9 Å². The third kappa shape index (κ3) is 3.04. The summed E-state index contributed by atoms with van der Waals surface area (Å²) in [6, 6.07) is 7.85. The van der Waals surface area contributed by atoms with Crippen molar-refractivity contribution in [2.75, 3.05) is 0 Å². The molecule has 3 fully saturated rings. The highest BCUT2D eigenvalue weighted by atomic mass is 19.1. The lowest BCUT2D eigenvalue weighted by molar-refractivity contribution is -0.195. The van der Waals surface area contributed by atoms with Gasteiger partial charge in [-0.1, -0.05) is 19.1 Å². The Kier molecular flexibility index (Phi) is 4.74. The summed E-state index contributed by atoms with van der Waals surface area (Å²) in [5.41, 5.74) is -1.07. The molecular formula is C28H34FNO3. The number of rotatable bonds is 1. The Bertz CT molecular complexity index is 1190. The van der Waals surface area contributed by atoms with Crippen molar-refractivity contribution in [3.8, 4) is 0 Å². The number of allylic oxidation sites excluding steroid dienone is 2. The average Bonchev–Trinajstić information content (AvgIpc) is 3.09. The summed E-state index contributed by atoms with van der Waals surface area (Å²) < 4.78 is 16.8. The SMILES string of the molecule is CC12CCC3(F)CC4CC(O)CCC4CC[C@]3(O)C1CC=C2c1ccc2c(=O)[nH]ccc2c1. The van der Waals surface area contributed by atoms with Gasteiger partial charge in [-0.25, -0.2) is 4.39 Å². The molecule has 0 spiro atoms. The van der Waals surface area contributed by atoms with Crippen LogP contribution in [0.4, 0.5) is 4.39 Å². The molecule has 7 atom stereocenters. The molecule has 1 aromatic carbocycles. The zero-order valence-electron chi connectivity index (χ0n) is 19.3. The van der Waals surface area contributed by atoms with Crippen molar-refractivity contribution in [1.29, 1.82) is 0 Å². The van der Waals surface area contributed by atoms with Crippen molar-refractivity contribution in [3.05, 3.63) is 52.5 Å². The van der Waals surface area contributed by atoms with E-state index in [0.717, 1.165) is 30.2 Å². The van der Waals surface area contributed by atoms with Crippen molar-refractivity contribution in [2.24, 2.45) is 23.2 Å². The topological polar surface area (TPSA) is 73.3 Å². The summed E-state index contributed by atoms with van der Waals surface area (Å²) >= 11 is 0. The number of hydrogen-bond acceptors (Lipinski definition) is 3. The van der Waals surface area contributed by atoms with Crippen LogP contribution in [0.25, 0.3) is 16.3 Å². The molecule has 6 rings (SSSR count). The van der Waals surface area contributed by atoms with E-state index in [2.05, 4.69) is 24.1 Å². The van der Waals surface area contributed by atoms with Gasteiger partial charge in [0.05, 0.1) is 6.10 Å². The van der Waals surface area contributed by atoms with Gasteiger partial charge in [-0.05, 0) is 110 Å². The van der Waals surface area contributed by atoms with Crippen LogP contribution in [0.2, 0.25) is 0 Å². The number of halogens is 1. The van der Waals surface area contributed by atoms with Crippen molar-refractivity contribution in [3.63, 3.8) is 0 Å². The molecule has 0 saturated heterocycles. The maximum Gasteiger partial charge on any atom is 0.255 e. The maximum atomic E-state index is 16.8. The fourth-order valence-electron chi connectivity index (χ4n) is 8.17. The Morgan fingerprint density at radius 2 is 1.94 bits per heavy atom. The number of benzene rings is 1. The van der Waals surface area contributed by atoms with Gasteiger partial charge in [-0.2, -0.15) is 0 Å². The minimum Gasteiger partial charge on any atom is -0.393 e. The number of pyridine rings is 1. The number of aliphatic hydroxyl groups is 2. The zero-order valence-corrected chi connectivity index (χ0v) is 19.3. The van der Waals surface area contributed by atoms with Crippen LogP contribution in [-0.4, -0.2) is 32.6 Å². The first-order valence-corrected chi connectivity index (χ1v) is 12.7. The summed E-state index contributed by atoms with van der Waals surface area (Å²) in [5.74, 6) is 0.428. The Morgan fingerprint density at radius 3 is 2.79 bits per heavy atom. The van der Waals surface area contributed by atoms with Gasteiger partial charge >= 0.3 is 0 Å². The molecule has 6 unspecified atom stereocenters. The number of alkyl halides is 1. The minimum absolute atomic E-state index is 0.0947. The number of aromatic nitrogens is 1. The monoisotopic (exact) mass is 451 g/mol. The Hall–Kier alpha value is -1.98. The second-order valence-corrected chi connectivity index (χ2v) is 11.6. The van der Waals surface area contributed by atoms with Crippen LogP contribution in [-0.2, 0) is 0 Å². The molecule has 4 aliphatic carbocycles. The summed E-state index contributed by atoms with van der Waals surface area (Å²) in [4.78, 5) is 14.9. The molecule has 0 radical (unpaired) electrons. The van der Waals surface area contributed by atoms with Gasteiger partial charge in [0.15, 0.2) is 0 Å². The summed E-state index contributed by atoms with van der Waals surface area (Å²) in [5, 5.41) is 23.9. The summed E-state index contributed by atoms with van der Waals surface area (Å²) in [6.07, 6.45) is 9.46. The van der Waals surface area contributed by atoms with Gasteiger partial charge in [-0.3, -0.25) is 4.79 Å². The molecule has 3 saturated carbocycles. The third-order valence-corrected chi connectivity index (χ3v) is 10.0. The summed E-state index contributed by atoms with van der Waals surface area (Å²) in [7, 11) is 0. The van der Waals surface area contributed by atoms with E-state index in [1.165, 1.54) is 5.57 Å². The normalized spacial score (nSPS) is 42.7. The number of H-pyrrole nitrogens is 1. The maximum absolute atomic E-state index is 16.8. The quantitative estimate of drug-likeness (QED) is 0.563. The number of aliphatic hydroxyl groups excluding tert-OH is 1. The molecule has 0 aliphatic heterocycles. The van der Waals surface area contributed by atoms with E-state index in [1.54, 1.807) is 6.20 Å². The number of nitrogens with one attached hydrogen (secondary N) is 1. The lowest BCUT2D eigenvalue weighted by Crippen LogP contribution is -2.62. The highest BCUT2D eigenvalue weighted by Crippen LogP contribution is 2.66. The number of hydrogen-bond donors (Lipinski definition) is 3. The Balaban J connectivity index is 1.36. The molecule has 0 bridgehead atoms. The molecule has 4 aliphatic rings. The van der Waals surface area contributed by atoms with Gasteiger partial charge in [0.1, 0.15) is 11.3 Å². The smallest absolute Gasteiger partial charge is 0.255 e. The van der Waals surface area contributed by atoms with E-state index in [1.807, 2.05) is 18.2 Å². The Labute approximate surface area is 193 Å². The van der Waals surface area contributed by atoms with Crippen LogP contribution in [0.15, 0.2) is 41.3 Å². The Morgan fingerprint density at radius 1 is 1.09 bits per heavy atom. The van der Waals surface area contributed by atoms with Gasteiger partial charge < -0.3 is 15.2 Å². The molecule has 5 heteroatoms. The average molecular weight is 452 g/mol. The zero-order chi connectivity index (χ0) is 23.0. The van der Waals surface area contributed by atoms with E-state index in [0.29, 0.717) is 49.8 Å². The largest absolute Gasteiger partial charge is 0.393 e. The van der Waals surface area contributed by atoms with E-state index < -0.39 is 11.3 Å². The number of fused-ring (bicyclic) bond motifs is 5. The standard InChI is InChI=1S/C28H34FNO3/c1-26-11-12-27(29)16-20-15-21(31)4-2-17(20)8-10-28(27,33)24(26)7-6-23(26)19-3-5-22-18(14-19)9-13-30-25(22)32/h3,5-6,9,13-14,17,20-21,24,31,33H,2,4,7-8,10-12,15-16H2,1H3,(H,30,32)/t17?,20?,21?,24?,26?,27?,28-/m0/s1. The molecule has 4 nitrogen and oxygen atoms in total. The van der Waals surface area contributed by atoms with Gasteiger partial charge in [0.25, 0.3) is 5.56 Å².